The number of halogens is 3. The summed E-state index contributed by atoms with van der Waals surface area (Å²) in [5.74, 6) is -3.25. The highest BCUT2D eigenvalue weighted by Gasteiger charge is 2.10. The molecule has 0 heterocycles. The van der Waals surface area contributed by atoms with Crippen LogP contribution >= 0.6 is 0 Å². The molecule has 2 aromatic rings. The van der Waals surface area contributed by atoms with Gasteiger partial charge in [-0.2, -0.15) is 10.5 Å². The first kappa shape index (κ1) is 14.4. The van der Waals surface area contributed by atoms with Gasteiger partial charge in [-0.15, -0.1) is 0 Å². The topological polar surface area (TPSA) is 59.6 Å². The van der Waals surface area contributed by atoms with Gasteiger partial charge in [0.25, 0.3) is 0 Å². The number of nitrogens with one attached hydrogen (secondary N) is 1. The summed E-state index contributed by atoms with van der Waals surface area (Å²) in [6, 6.07) is 9.40. The fourth-order valence-corrected chi connectivity index (χ4v) is 1.74. The Balaban J connectivity index is 2.20. The smallest absolute Gasteiger partial charge is 0.161 e. The van der Waals surface area contributed by atoms with E-state index in [9.17, 15) is 13.2 Å². The molecule has 0 atom stereocenters. The minimum Gasteiger partial charge on any atom is -0.381 e. The van der Waals surface area contributed by atoms with Gasteiger partial charge in [-0.25, -0.2) is 13.2 Å². The second-order valence-electron chi connectivity index (χ2n) is 4.20. The summed E-state index contributed by atoms with van der Waals surface area (Å²) in [5, 5.41) is 20.5. The molecule has 2 aromatic carbocycles. The molecule has 21 heavy (non-hydrogen) atoms. The lowest BCUT2D eigenvalue weighted by Gasteiger charge is -2.08. The van der Waals surface area contributed by atoms with E-state index in [0.29, 0.717) is 11.8 Å². The predicted molar refractivity (Wildman–Crippen MR) is 69.5 cm³/mol. The van der Waals surface area contributed by atoms with Crippen molar-refractivity contribution in [1.82, 2.24) is 0 Å². The number of hydrogen-bond donors (Lipinski definition) is 1. The number of benzene rings is 2. The van der Waals surface area contributed by atoms with Gasteiger partial charge in [-0.3, -0.25) is 0 Å². The van der Waals surface area contributed by atoms with Gasteiger partial charge < -0.3 is 5.32 Å². The Labute approximate surface area is 118 Å². The van der Waals surface area contributed by atoms with Crippen molar-refractivity contribution in [2.45, 2.75) is 6.54 Å². The van der Waals surface area contributed by atoms with E-state index in [4.69, 9.17) is 10.5 Å². The molecule has 3 nitrogen and oxygen atoms in total. The van der Waals surface area contributed by atoms with E-state index < -0.39 is 17.5 Å². The van der Waals surface area contributed by atoms with Crippen LogP contribution in [0.3, 0.4) is 0 Å². The summed E-state index contributed by atoms with van der Waals surface area (Å²) in [7, 11) is 0. The second-order valence-corrected chi connectivity index (χ2v) is 4.20. The zero-order valence-corrected chi connectivity index (χ0v) is 10.6. The van der Waals surface area contributed by atoms with Gasteiger partial charge in [0.2, 0.25) is 0 Å². The first-order valence-electron chi connectivity index (χ1n) is 5.86. The highest BCUT2D eigenvalue weighted by molar-refractivity contribution is 5.56. The highest BCUT2D eigenvalue weighted by atomic mass is 19.2. The fraction of sp³-hybridized carbons (Fsp3) is 0.0667. The molecule has 0 saturated heterocycles. The van der Waals surface area contributed by atoms with Crippen molar-refractivity contribution < 1.29 is 13.2 Å². The van der Waals surface area contributed by atoms with Gasteiger partial charge in [0.15, 0.2) is 11.6 Å². The molecule has 1 N–H and O–H groups in total. The lowest BCUT2D eigenvalue weighted by molar-refractivity contribution is 0.490. The molecule has 0 amide bonds. The third-order valence-corrected chi connectivity index (χ3v) is 2.83. The summed E-state index contributed by atoms with van der Waals surface area (Å²) in [6.45, 7) is -0.0835. The van der Waals surface area contributed by atoms with Gasteiger partial charge in [-0.05, 0) is 24.3 Å². The van der Waals surface area contributed by atoms with E-state index in [2.05, 4.69) is 5.32 Å². The van der Waals surface area contributed by atoms with E-state index in [1.165, 1.54) is 18.2 Å². The molecule has 0 spiro atoms. The van der Waals surface area contributed by atoms with Crippen LogP contribution in [0.5, 0.6) is 0 Å². The summed E-state index contributed by atoms with van der Waals surface area (Å²) >= 11 is 0. The van der Waals surface area contributed by atoms with E-state index in [0.717, 1.165) is 6.07 Å². The molecular weight excluding hydrogens is 279 g/mol. The maximum absolute atomic E-state index is 13.5. The van der Waals surface area contributed by atoms with Crippen molar-refractivity contribution in [1.29, 1.82) is 10.5 Å². The fourth-order valence-electron chi connectivity index (χ4n) is 1.74. The van der Waals surface area contributed by atoms with Crippen LogP contribution in [0.25, 0.3) is 0 Å². The van der Waals surface area contributed by atoms with Crippen LogP contribution in [-0.4, -0.2) is 0 Å². The van der Waals surface area contributed by atoms with Gasteiger partial charge >= 0.3 is 0 Å². The van der Waals surface area contributed by atoms with E-state index in [1.54, 1.807) is 0 Å². The van der Waals surface area contributed by atoms with Crippen molar-refractivity contribution in [2.24, 2.45) is 0 Å². The average Bonchev–Trinajstić information content (AvgIpc) is 2.49. The number of rotatable bonds is 3. The Hall–Kier alpha value is -2.99. The summed E-state index contributed by atoms with van der Waals surface area (Å²) in [6.07, 6.45) is 0. The summed E-state index contributed by atoms with van der Waals surface area (Å²) in [4.78, 5) is 0. The lowest BCUT2D eigenvalue weighted by atomic mass is 10.1. The van der Waals surface area contributed by atoms with Crippen molar-refractivity contribution in [3.63, 3.8) is 0 Å². The number of nitrogens with zero attached hydrogens (tertiary/aromatic N) is 2. The molecule has 0 aromatic heterocycles. The molecule has 0 aliphatic rings. The molecule has 0 aliphatic heterocycles. The largest absolute Gasteiger partial charge is 0.381 e. The quantitative estimate of drug-likeness (QED) is 0.879. The first-order chi connectivity index (χ1) is 10.0. The average molecular weight is 287 g/mol. The van der Waals surface area contributed by atoms with Crippen molar-refractivity contribution in [2.75, 3.05) is 5.32 Å². The zero-order chi connectivity index (χ0) is 15.4. The van der Waals surface area contributed by atoms with E-state index in [1.807, 2.05) is 12.1 Å². The van der Waals surface area contributed by atoms with Gasteiger partial charge in [-0.1, -0.05) is 0 Å². The standard InChI is InChI=1S/C15H8F3N3/c16-13-5-15(18)14(17)4-11(13)8-21-12-2-1-9(6-19)10(3-12)7-20/h1-5,21H,8H2. The van der Waals surface area contributed by atoms with Crippen LogP contribution in [0, 0.1) is 40.1 Å². The number of hydrogen-bond acceptors (Lipinski definition) is 3. The minimum absolute atomic E-state index is 0.0447. The molecule has 0 aliphatic carbocycles. The third-order valence-electron chi connectivity index (χ3n) is 2.83. The number of nitriles is 2. The van der Waals surface area contributed by atoms with Crippen molar-refractivity contribution >= 4 is 5.69 Å². The SMILES string of the molecule is N#Cc1ccc(NCc2cc(F)c(F)cc2F)cc1C#N. The summed E-state index contributed by atoms with van der Waals surface area (Å²) in [5.41, 5.74) is 0.821. The Morgan fingerprint density at radius 2 is 1.52 bits per heavy atom. The van der Waals surface area contributed by atoms with Gasteiger partial charge in [0.1, 0.15) is 18.0 Å². The molecule has 6 heteroatoms. The molecular formula is C15H8F3N3. The Morgan fingerprint density at radius 3 is 2.19 bits per heavy atom. The van der Waals surface area contributed by atoms with Crippen LogP contribution < -0.4 is 5.32 Å². The van der Waals surface area contributed by atoms with Crippen molar-refractivity contribution in [3.05, 3.63) is 64.5 Å². The summed E-state index contributed by atoms with van der Waals surface area (Å²) < 4.78 is 39.3. The zero-order valence-electron chi connectivity index (χ0n) is 10.6. The van der Waals surface area contributed by atoms with Crippen LogP contribution in [0.1, 0.15) is 16.7 Å². The normalized spacial score (nSPS) is 9.76. The molecule has 0 unspecified atom stereocenters. The van der Waals surface area contributed by atoms with Crippen LogP contribution in [0.4, 0.5) is 18.9 Å². The molecule has 0 fully saturated rings. The Kier molecular flexibility index (Phi) is 4.10. The predicted octanol–water partition coefficient (Wildman–Crippen LogP) is 3.46. The maximum Gasteiger partial charge on any atom is 0.161 e. The van der Waals surface area contributed by atoms with Crippen molar-refractivity contribution in [3.8, 4) is 12.1 Å². The maximum atomic E-state index is 13.5. The van der Waals surface area contributed by atoms with Gasteiger partial charge in [0.05, 0.1) is 11.1 Å². The molecule has 2 rings (SSSR count). The van der Waals surface area contributed by atoms with E-state index in [-0.39, 0.29) is 23.2 Å². The second kappa shape index (κ2) is 5.98. The van der Waals surface area contributed by atoms with E-state index >= 15 is 0 Å². The molecule has 0 radical (unpaired) electrons. The Bertz CT molecular complexity index is 773. The Morgan fingerprint density at radius 1 is 0.857 bits per heavy atom. The lowest BCUT2D eigenvalue weighted by Crippen LogP contribution is -2.04. The van der Waals surface area contributed by atoms with Crippen LogP contribution in [0.15, 0.2) is 30.3 Å². The van der Waals surface area contributed by atoms with Gasteiger partial charge in [0, 0.05) is 23.9 Å². The minimum atomic E-state index is -1.25. The molecule has 104 valence electrons. The van der Waals surface area contributed by atoms with Crippen LogP contribution in [0.2, 0.25) is 0 Å². The monoisotopic (exact) mass is 287 g/mol. The highest BCUT2D eigenvalue weighted by Crippen LogP contribution is 2.18. The third kappa shape index (κ3) is 3.13. The molecule has 0 bridgehead atoms. The number of anilines is 1. The molecule has 0 saturated carbocycles. The van der Waals surface area contributed by atoms with Crippen LogP contribution in [-0.2, 0) is 6.54 Å². The first-order valence-corrected chi connectivity index (χ1v) is 5.86.